The fraction of sp³-hybridized carbons (Fsp3) is 0.750. The first-order valence-electron chi connectivity index (χ1n) is 13.3. The number of oxime groups is 1. The van der Waals surface area contributed by atoms with Crippen LogP contribution < -0.4 is 0 Å². The highest BCUT2D eigenvalue weighted by atomic mass is 16.6. The lowest BCUT2D eigenvalue weighted by atomic mass is 9.46. The van der Waals surface area contributed by atoms with Crippen molar-refractivity contribution in [3.8, 4) is 12.3 Å². The van der Waals surface area contributed by atoms with Gasteiger partial charge in [-0.05, 0) is 80.6 Å². The topological polar surface area (TPSA) is 120 Å². The molecule has 8 heteroatoms. The minimum Gasteiger partial charge on any atom is -0.480 e. The van der Waals surface area contributed by atoms with Gasteiger partial charge in [-0.1, -0.05) is 30.5 Å². The average Bonchev–Trinajstić information content (AvgIpc) is 3.37. The number of hydrogen-bond donors (Lipinski definition) is 3. The Morgan fingerprint density at radius 3 is 2.67 bits per heavy atom. The summed E-state index contributed by atoms with van der Waals surface area (Å²) in [6.07, 6.45) is 14.7. The van der Waals surface area contributed by atoms with E-state index in [0.29, 0.717) is 24.2 Å². The Morgan fingerprint density at radius 2 is 1.94 bits per heavy atom. The van der Waals surface area contributed by atoms with Crippen molar-refractivity contribution in [2.24, 2.45) is 33.7 Å². The number of carboxylic acid groups (broad SMARTS) is 1. The third-order valence-corrected chi connectivity index (χ3v) is 10.6. The highest BCUT2D eigenvalue weighted by Crippen LogP contribution is 2.67. The van der Waals surface area contributed by atoms with Crippen molar-refractivity contribution in [2.45, 2.75) is 89.4 Å². The lowest BCUT2D eigenvalue weighted by molar-refractivity contribution is -0.150. The van der Waals surface area contributed by atoms with Crippen LogP contribution >= 0.6 is 0 Å². The molecule has 5 rings (SSSR count). The van der Waals surface area contributed by atoms with E-state index < -0.39 is 29.6 Å². The first-order chi connectivity index (χ1) is 17.0. The van der Waals surface area contributed by atoms with E-state index in [9.17, 15) is 24.9 Å². The van der Waals surface area contributed by atoms with Gasteiger partial charge < -0.3 is 25.1 Å². The van der Waals surface area contributed by atoms with Crippen LogP contribution in [0.1, 0.15) is 71.6 Å². The molecule has 5 unspecified atom stereocenters. The fourth-order valence-corrected chi connectivity index (χ4v) is 8.47. The lowest BCUT2D eigenvalue weighted by Gasteiger charge is -2.58. The number of carboxylic acids is 1. The monoisotopic (exact) mass is 498 g/mol. The van der Waals surface area contributed by atoms with E-state index >= 15 is 0 Å². The molecule has 36 heavy (non-hydrogen) atoms. The highest BCUT2D eigenvalue weighted by Gasteiger charge is 2.63. The van der Waals surface area contributed by atoms with Gasteiger partial charge in [-0.25, -0.2) is 4.79 Å². The maximum absolute atomic E-state index is 12.5. The fourth-order valence-electron chi connectivity index (χ4n) is 8.47. The Kier molecular flexibility index (Phi) is 6.24. The molecule has 1 aliphatic heterocycles. The second-order valence-electron chi connectivity index (χ2n) is 12.1. The van der Waals surface area contributed by atoms with Crippen LogP contribution in [0, 0.1) is 40.9 Å². The molecule has 0 aromatic heterocycles. The maximum atomic E-state index is 12.5. The van der Waals surface area contributed by atoms with Crippen molar-refractivity contribution < 1.29 is 29.7 Å². The van der Waals surface area contributed by atoms with Crippen LogP contribution in [0.25, 0.3) is 0 Å². The number of amides is 1. The molecule has 4 fully saturated rings. The summed E-state index contributed by atoms with van der Waals surface area (Å²) in [7, 11) is 0. The smallest absolute Gasteiger partial charge is 0.326 e. The van der Waals surface area contributed by atoms with Gasteiger partial charge in [-0.3, -0.25) is 4.79 Å². The molecule has 1 saturated heterocycles. The Hall–Kier alpha value is -2.37. The predicted molar refractivity (Wildman–Crippen MR) is 133 cm³/mol. The number of carbonyl (C=O) groups excluding carboxylic acids is 1. The van der Waals surface area contributed by atoms with Gasteiger partial charge in [0.1, 0.15) is 11.6 Å². The highest BCUT2D eigenvalue weighted by molar-refractivity contribution is 5.96. The van der Waals surface area contributed by atoms with E-state index in [1.54, 1.807) is 0 Å². The third kappa shape index (κ3) is 3.78. The van der Waals surface area contributed by atoms with Gasteiger partial charge in [-0.15, -0.1) is 6.42 Å². The van der Waals surface area contributed by atoms with E-state index in [1.165, 1.54) is 5.57 Å². The number of likely N-dealkylation sites (tertiary alicyclic amines) is 1. The number of aliphatic hydroxyl groups is 2. The molecule has 0 bridgehead atoms. The summed E-state index contributed by atoms with van der Waals surface area (Å²) in [4.78, 5) is 30.4. The van der Waals surface area contributed by atoms with Crippen molar-refractivity contribution in [3.63, 3.8) is 0 Å². The van der Waals surface area contributed by atoms with Crippen LogP contribution in [-0.4, -0.2) is 68.7 Å². The largest absolute Gasteiger partial charge is 0.480 e. The van der Waals surface area contributed by atoms with E-state index in [2.05, 4.69) is 31.0 Å². The predicted octanol–water partition coefficient (Wildman–Crippen LogP) is 2.73. The van der Waals surface area contributed by atoms with Crippen LogP contribution in [0.4, 0.5) is 0 Å². The van der Waals surface area contributed by atoms with Gasteiger partial charge in [0, 0.05) is 18.4 Å². The lowest BCUT2D eigenvalue weighted by Crippen LogP contribution is -2.54. The minimum atomic E-state index is -1.12. The number of rotatable bonds is 4. The van der Waals surface area contributed by atoms with Gasteiger partial charge in [0.15, 0.2) is 6.61 Å². The second kappa shape index (κ2) is 8.88. The van der Waals surface area contributed by atoms with Crippen LogP contribution in [0.5, 0.6) is 0 Å². The number of hydrogen-bond acceptors (Lipinski definition) is 6. The van der Waals surface area contributed by atoms with Crippen LogP contribution in [0.3, 0.4) is 0 Å². The third-order valence-electron chi connectivity index (χ3n) is 10.6. The zero-order valence-corrected chi connectivity index (χ0v) is 21.3. The molecule has 3 saturated carbocycles. The van der Waals surface area contributed by atoms with E-state index in [-0.39, 0.29) is 30.4 Å². The summed E-state index contributed by atoms with van der Waals surface area (Å²) in [5.41, 5.74) is 1.11. The number of β-amino-alcohol motifs (C(OH)–C–C–N with tert-alkyl or cyclic N) is 1. The molecule has 3 N–H and O–H groups in total. The summed E-state index contributed by atoms with van der Waals surface area (Å²) >= 11 is 0. The van der Waals surface area contributed by atoms with Crippen molar-refractivity contribution >= 4 is 17.6 Å². The van der Waals surface area contributed by atoms with Crippen LogP contribution in [-0.2, 0) is 14.4 Å². The number of fused-ring (bicyclic) bond motifs is 5. The van der Waals surface area contributed by atoms with E-state index in [0.717, 1.165) is 55.6 Å². The zero-order valence-electron chi connectivity index (χ0n) is 21.3. The SMILES string of the molecule is C#C[C@@]1(O)CCC2C3CCC4=CC(=NOCC(=O)N5CC(O)CC5C(=O)O)CC[C@]4(C)C3CC[C@@]21C. The number of nitrogens with zero attached hydrogens (tertiary/aromatic N) is 2. The number of carbonyl (C=O) groups is 2. The molecule has 8 atom stereocenters. The number of terminal acetylenes is 1. The van der Waals surface area contributed by atoms with Gasteiger partial charge in [0.05, 0.1) is 11.8 Å². The van der Waals surface area contributed by atoms with Crippen molar-refractivity contribution in [1.82, 2.24) is 4.90 Å². The molecule has 4 aliphatic carbocycles. The Labute approximate surface area is 212 Å². The van der Waals surface area contributed by atoms with Crippen molar-refractivity contribution in [3.05, 3.63) is 11.6 Å². The summed E-state index contributed by atoms with van der Waals surface area (Å²) in [5, 5.41) is 34.5. The first kappa shape index (κ1) is 25.3. The molecule has 0 radical (unpaired) electrons. The van der Waals surface area contributed by atoms with E-state index in [4.69, 9.17) is 11.3 Å². The molecule has 8 nitrogen and oxygen atoms in total. The number of aliphatic carboxylic acids is 1. The summed E-state index contributed by atoms with van der Waals surface area (Å²) in [6, 6.07) is -1.02. The van der Waals surface area contributed by atoms with Gasteiger partial charge >= 0.3 is 5.97 Å². The van der Waals surface area contributed by atoms with Crippen LogP contribution in [0.15, 0.2) is 16.8 Å². The molecular weight excluding hydrogens is 460 g/mol. The Morgan fingerprint density at radius 1 is 1.19 bits per heavy atom. The maximum Gasteiger partial charge on any atom is 0.326 e. The molecule has 1 amide bonds. The normalized spacial score (nSPS) is 44.8. The number of aliphatic hydroxyl groups excluding tert-OH is 1. The Balaban J connectivity index is 1.25. The van der Waals surface area contributed by atoms with Gasteiger partial charge in [-0.2, -0.15) is 0 Å². The summed E-state index contributed by atoms with van der Waals surface area (Å²) in [6.45, 7) is 4.25. The number of allylic oxidation sites excluding steroid dienone is 2. The quantitative estimate of drug-likeness (QED) is 0.405. The van der Waals surface area contributed by atoms with Crippen LogP contribution in [0.2, 0.25) is 0 Å². The first-order valence-corrected chi connectivity index (χ1v) is 13.3. The molecule has 0 aromatic rings. The van der Waals surface area contributed by atoms with Gasteiger partial charge in [0.25, 0.3) is 5.91 Å². The Bertz CT molecular complexity index is 1050. The average molecular weight is 499 g/mol. The zero-order chi connectivity index (χ0) is 25.9. The molecule has 5 aliphatic rings. The van der Waals surface area contributed by atoms with Crippen molar-refractivity contribution in [1.29, 1.82) is 0 Å². The second-order valence-corrected chi connectivity index (χ2v) is 12.1. The molecule has 0 aromatic carbocycles. The summed E-state index contributed by atoms with van der Waals surface area (Å²) < 4.78 is 0. The molecule has 0 spiro atoms. The molecule has 1 heterocycles. The molecular formula is C28H38N2O6. The van der Waals surface area contributed by atoms with Crippen molar-refractivity contribution in [2.75, 3.05) is 13.2 Å². The standard InChI is InChI=1S/C28H38N2O6/c1-4-28(35)12-9-22-20-6-5-17-13-18(7-10-26(17,2)21(20)8-11-27(22,28)3)29-36-16-24(32)30-15-19(31)14-23(30)25(33)34/h1,13,19-23,31,35H,5-12,14-16H2,2-3H3,(H,33,34)/t19?,20?,21?,22?,23?,26-,27-,28+/m0/s1. The summed E-state index contributed by atoms with van der Waals surface area (Å²) in [5.74, 6) is 2.73. The minimum absolute atomic E-state index is 0.000520. The molecule has 196 valence electrons. The van der Waals surface area contributed by atoms with Gasteiger partial charge in [0.2, 0.25) is 0 Å². The van der Waals surface area contributed by atoms with E-state index in [1.807, 2.05) is 0 Å².